The summed E-state index contributed by atoms with van der Waals surface area (Å²) < 4.78 is 88.2. The molecule has 2 aliphatic heterocycles. The maximum atomic E-state index is 13.9. The largest absolute Gasteiger partial charge is 0.508 e. The lowest BCUT2D eigenvalue weighted by Crippen LogP contribution is -2.34. The van der Waals surface area contributed by atoms with Crippen molar-refractivity contribution in [3.8, 4) is 5.75 Å². The number of phenols is 1. The average molecular weight is 671 g/mol. The molecule has 2 saturated heterocycles. The van der Waals surface area contributed by atoms with Crippen molar-refractivity contribution in [1.29, 1.82) is 0 Å². The minimum atomic E-state index is -5.13. The molecule has 12 heteroatoms. The van der Waals surface area contributed by atoms with Gasteiger partial charge in [0.2, 0.25) is 11.8 Å². The maximum Gasteiger partial charge on any atom is 0.416 e. The molecule has 4 atom stereocenters. The van der Waals surface area contributed by atoms with Crippen LogP contribution in [0.4, 0.5) is 32.0 Å². The zero-order valence-corrected chi connectivity index (χ0v) is 25.8. The first kappa shape index (κ1) is 33.5. The number of amides is 2. The van der Waals surface area contributed by atoms with E-state index >= 15 is 0 Å². The fraction of sp³-hybridized carbons (Fsp3) is 0.361. The van der Waals surface area contributed by atoms with Crippen LogP contribution in [0.15, 0.2) is 78.0 Å². The topological polar surface area (TPSA) is 79.7 Å². The number of ether oxygens (including phenoxy) is 1. The minimum Gasteiger partial charge on any atom is -0.508 e. The number of fused-ring (bicyclic) bond motifs is 3. The molecule has 252 valence electrons. The van der Waals surface area contributed by atoms with Crippen molar-refractivity contribution in [2.75, 3.05) is 11.5 Å². The lowest BCUT2D eigenvalue weighted by Gasteiger charge is -2.32. The van der Waals surface area contributed by atoms with Gasteiger partial charge in [0.15, 0.2) is 0 Å². The molecular weight excluding hydrogens is 638 g/mol. The van der Waals surface area contributed by atoms with Gasteiger partial charge in [-0.2, -0.15) is 26.3 Å². The number of carbonyl (C=O) groups excluding carboxylic acids is 2. The highest BCUT2D eigenvalue weighted by molar-refractivity contribution is 6.22. The Balaban J connectivity index is 1.31. The zero-order chi connectivity index (χ0) is 34.4. The molecule has 0 saturated carbocycles. The maximum absolute atomic E-state index is 13.9. The van der Waals surface area contributed by atoms with Crippen LogP contribution >= 0.6 is 0 Å². The van der Waals surface area contributed by atoms with Gasteiger partial charge in [0.05, 0.1) is 47.1 Å². The lowest BCUT2D eigenvalue weighted by atomic mass is 9.68. The number of hydrogen-bond acceptors (Lipinski definition) is 5. The third-order valence-electron chi connectivity index (χ3n) is 9.29. The molecule has 2 amide bonds. The molecule has 0 bridgehead atoms. The van der Waals surface area contributed by atoms with Crippen LogP contribution in [0, 0.1) is 17.8 Å². The second-order valence-electron chi connectivity index (χ2n) is 12.4. The summed E-state index contributed by atoms with van der Waals surface area (Å²) in [4.78, 5) is 32.6. The van der Waals surface area contributed by atoms with Gasteiger partial charge >= 0.3 is 12.4 Å². The summed E-state index contributed by atoms with van der Waals surface area (Å²) in [5.74, 6) is -3.91. The number of alkyl halides is 6. The van der Waals surface area contributed by atoms with E-state index in [1.165, 1.54) is 0 Å². The van der Waals surface area contributed by atoms with Crippen LogP contribution in [0.1, 0.15) is 61.4 Å². The first-order valence-corrected chi connectivity index (χ1v) is 15.7. The van der Waals surface area contributed by atoms with Crippen molar-refractivity contribution in [2.24, 2.45) is 17.8 Å². The summed E-state index contributed by atoms with van der Waals surface area (Å²) in [5.41, 5.74) is 0.407. The summed E-state index contributed by atoms with van der Waals surface area (Å²) in [6, 6.07) is 13.1. The molecule has 0 unspecified atom stereocenters. The number of pyridine rings is 1. The van der Waals surface area contributed by atoms with Crippen LogP contribution in [0.25, 0.3) is 11.6 Å². The van der Waals surface area contributed by atoms with Crippen molar-refractivity contribution in [1.82, 2.24) is 4.98 Å². The molecule has 48 heavy (non-hydrogen) atoms. The van der Waals surface area contributed by atoms with Gasteiger partial charge in [-0.05, 0) is 90.9 Å². The fourth-order valence-corrected chi connectivity index (χ4v) is 7.22. The van der Waals surface area contributed by atoms with Gasteiger partial charge in [0.25, 0.3) is 0 Å². The van der Waals surface area contributed by atoms with Crippen LogP contribution in [-0.4, -0.2) is 34.6 Å². The van der Waals surface area contributed by atoms with Gasteiger partial charge in [-0.15, -0.1) is 0 Å². The highest BCUT2D eigenvalue weighted by Gasteiger charge is 2.57. The van der Waals surface area contributed by atoms with Crippen molar-refractivity contribution in [3.63, 3.8) is 0 Å². The summed E-state index contributed by atoms with van der Waals surface area (Å²) in [6.45, 7) is 2.06. The second-order valence-corrected chi connectivity index (χ2v) is 12.4. The van der Waals surface area contributed by atoms with Crippen molar-refractivity contribution in [3.05, 3.63) is 100 Å². The van der Waals surface area contributed by atoms with E-state index in [1.54, 1.807) is 36.5 Å². The SMILES string of the molecule is CCCC1=C2[C@@H](CC/C(=C/c3ccc(O)cc3)c3ccccn3)OC[C@@H]2[C@@H]2C(=O)N(c3cc(C(F)(F)F)cc(C(F)(F)F)c3)C(=O)[C@@H]2C1. The predicted molar refractivity (Wildman–Crippen MR) is 165 cm³/mol. The van der Waals surface area contributed by atoms with Gasteiger partial charge < -0.3 is 9.84 Å². The molecule has 6 rings (SSSR count). The average Bonchev–Trinajstić information content (AvgIpc) is 3.57. The molecule has 3 aliphatic rings. The van der Waals surface area contributed by atoms with Gasteiger partial charge in [-0.25, -0.2) is 4.90 Å². The number of halogens is 6. The zero-order valence-electron chi connectivity index (χ0n) is 25.8. The Morgan fingerprint density at radius 1 is 0.958 bits per heavy atom. The number of imide groups is 1. The Bertz CT molecular complexity index is 1730. The fourth-order valence-electron chi connectivity index (χ4n) is 7.22. The molecule has 2 fully saturated rings. The molecule has 3 aromatic rings. The summed E-state index contributed by atoms with van der Waals surface area (Å²) in [7, 11) is 0. The molecule has 2 aromatic carbocycles. The number of phenolic OH excluding ortho intramolecular Hbond substituents is 1. The summed E-state index contributed by atoms with van der Waals surface area (Å²) in [6.07, 6.45) is -4.49. The monoisotopic (exact) mass is 670 g/mol. The van der Waals surface area contributed by atoms with Gasteiger partial charge in [-0.1, -0.05) is 37.1 Å². The van der Waals surface area contributed by atoms with E-state index in [0.717, 1.165) is 34.4 Å². The molecule has 1 aromatic heterocycles. The number of nitrogens with zero attached hydrogens (tertiary/aromatic N) is 2. The quantitative estimate of drug-likeness (QED) is 0.148. The van der Waals surface area contributed by atoms with E-state index in [0.29, 0.717) is 36.3 Å². The van der Waals surface area contributed by atoms with Gasteiger partial charge in [-0.3, -0.25) is 14.6 Å². The standard InChI is InChI=1S/C36H32F6N2O4/c1-2-5-22-15-27-32(34(47)44(33(27)46)25-17-23(35(37,38)39)16-24(18-25)36(40,41)42)28-19-48-30(31(22)28)12-9-21(29-6-3-4-13-43-29)14-20-7-10-26(45)11-8-20/h3-4,6-8,10-11,13-14,16-18,27-28,30,32,45H,2,5,9,12,15,19H2,1H3/b21-14-/t27-,28+,30-,32-/m1/s1. The smallest absolute Gasteiger partial charge is 0.416 e. The molecule has 1 N–H and O–H groups in total. The molecule has 0 radical (unpaired) electrons. The van der Waals surface area contributed by atoms with Gasteiger partial charge in [0.1, 0.15) is 5.75 Å². The highest BCUT2D eigenvalue weighted by Crippen LogP contribution is 2.52. The van der Waals surface area contributed by atoms with Crippen LogP contribution in [0.2, 0.25) is 0 Å². The van der Waals surface area contributed by atoms with Crippen molar-refractivity contribution < 1.29 is 45.8 Å². The first-order valence-electron chi connectivity index (χ1n) is 15.7. The molecule has 0 spiro atoms. The van der Waals surface area contributed by atoms with Crippen LogP contribution < -0.4 is 4.90 Å². The normalized spacial score (nSPS) is 23.1. The van der Waals surface area contributed by atoms with E-state index in [4.69, 9.17) is 4.74 Å². The number of hydrogen-bond donors (Lipinski definition) is 1. The van der Waals surface area contributed by atoms with E-state index in [1.807, 2.05) is 25.1 Å². The van der Waals surface area contributed by atoms with E-state index in [9.17, 15) is 41.0 Å². The molecule has 6 nitrogen and oxygen atoms in total. The van der Waals surface area contributed by atoms with Gasteiger partial charge in [0, 0.05) is 12.1 Å². The number of allylic oxidation sites excluding steroid dienone is 2. The Kier molecular flexibility index (Phi) is 8.97. The lowest BCUT2D eigenvalue weighted by molar-refractivity contribution is -0.143. The Morgan fingerprint density at radius 3 is 2.25 bits per heavy atom. The first-order chi connectivity index (χ1) is 22.8. The van der Waals surface area contributed by atoms with Crippen molar-refractivity contribution >= 4 is 29.2 Å². The second kappa shape index (κ2) is 12.9. The van der Waals surface area contributed by atoms with Crippen molar-refractivity contribution in [2.45, 2.75) is 57.5 Å². The third kappa shape index (κ3) is 6.50. The number of aromatic nitrogens is 1. The summed E-state index contributed by atoms with van der Waals surface area (Å²) in [5, 5.41) is 9.71. The number of carbonyl (C=O) groups is 2. The number of rotatable bonds is 8. The third-order valence-corrected chi connectivity index (χ3v) is 9.29. The number of benzene rings is 2. The number of anilines is 1. The summed E-state index contributed by atoms with van der Waals surface area (Å²) >= 11 is 0. The van der Waals surface area contributed by atoms with Crippen LogP contribution in [0.5, 0.6) is 5.75 Å². The highest BCUT2D eigenvalue weighted by atomic mass is 19.4. The minimum absolute atomic E-state index is 0.0225. The van der Waals surface area contributed by atoms with Crippen LogP contribution in [0.3, 0.4) is 0 Å². The Labute approximate surface area is 272 Å². The Morgan fingerprint density at radius 2 is 1.65 bits per heavy atom. The Hall–Kier alpha value is -4.45. The predicted octanol–water partition coefficient (Wildman–Crippen LogP) is 8.47. The van der Waals surface area contributed by atoms with E-state index in [-0.39, 0.29) is 24.8 Å². The van der Waals surface area contributed by atoms with E-state index in [2.05, 4.69) is 4.98 Å². The number of aromatic hydroxyl groups is 1. The molecular formula is C36H32F6N2O4. The van der Waals surface area contributed by atoms with E-state index < -0.39 is 64.8 Å². The molecule has 1 aliphatic carbocycles. The van der Waals surface area contributed by atoms with Crippen LogP contribution in [-0.2, 0) is 26.7 Å². The molecule has 3 heterocycles.